The van der Waals surface area contributed by atoms with E-state index in [1.807, 2.05) is 31.2 Å². The second kappa shape index (κ2) is 11.9. The average Bonchev–Trinajstić information content (AvgIpc) is 2.80. The van der Waals surface area contributed by atoms with Gasteiger partial charge in [-0.3, -0.25) is 4.79 Å². The fourth-order valence-electron chi connectivity index (χ4n) is 2.84. The molecule has 0 aliphatic rings. The van der Waals surface area contributed by atoms with Gasteiger partial charge in [0, 0.05) is 9.26 Å². The molecule has 3 rings (SSSR count). The van der Waals surface area contributed by atoms with Crippen LogP contribution in [0.5, 0.6) is 11.5 Å². The molecule has 5 nitrogen and oxygen atoms in total. The molecule has 33 heavy (non-hydrogen) atoms. The summed E-state index contributed by atoms with van der Waals surface area (Å²) in [5, 5.41) is 13.2. The highest BCUT2D eigenvalue weighted by molar-refractivity contribution is 14.1. The van der Waals surface area contributed by atoms with Gasteiger partial charge in [0.05, 0.1) is 16.7 Å². The Hall–Kier alpha value is -2.73. The Morgan fingerprint density at radius 2 is 1.79 bits per heavy atom. The van der Waals surface area contributed by atoms with Crippen LogP contribution in [0.1, 0.15) is 18.1 Å². The predicted octanol–water partition coefficient (Wildman–Crippen LogP) is 7.12. The molecule has 3 aromatic rings. The van der Waals surface area contributed by atoms with E-state index in [0.717, 1.165) is 9.13 Å². The summed E-state index contributed by atoms with van der Waals surface area (Å²) >= 11 is 14.2. The summed E-state index contributed by atoms with van der Waals surface area (Å²) in [6.45, 7) is 2.56. The quantitative estimate of drug-likeness (QED) is 0.172. The minimum Gasteiger partial charge on any atom is -0.490 e. The van der Waals surface area contributed by atoms with Gasteiger partial charge in [-0.25, -0.2) is 0 Å². The van der Waals surface area contributed by atoms with Gasteiger partial charge in [0.1, 0.15) is 18.2 Å². The van der Waals surface area contributed by atoms with Gasteiger partial charge in [-0.1, -0.05) is 35.3 Å². The minimum atomic E-state index is -0.489. The molecule has 8 heteroatoms. The number of benzene rings is 3. The molecular weight excluding hydrogens is 574 g/mol. The largest absolute Gasteiger partial charge is 0.490 e. The van der Waals surface area contributed by atoms with Crippen LogP contribution in [-0.2, 0) is 11.4 Å². The van der Waals surface area contributed by atoms with Gasteiger partial charge in [0.25, 0.3) is 5.91 Å². The van der Waals surface area contributed by atoms with Crippen LogP contribution in [0.25, 0.3) is 6.08 Å². The summed E-state index contributed by atoms with van der Waals surface area (Å²) < 4.78 is 12.7. The zero-order valence-corrected chi connectivity index (χ0v) is 21.2. The number of nitriles is 1. The monoisotopic (exact) mass is 592 g/mol. The third-order valence-electron chi connectivity index (χ3n) is 4.42. The molecule has 0 atom stereocenters. The summed E-state index contributed by atoms with van der Waals surface area (Å²) in [7, 11) is 0. The molecule has 0 bridgehead atoms. The zero-order valence-electron chi connectivity index (χ0n) is 17.6. The maximum Gasteiger partial charge on any atom is 0.266 e. The first kappa shape index (κ1) is 24.9. The van der Waals surface area contributed by atoms with Crippen LogP contribution in [0.4, 0.5) is 5.69 Å². The standard InChI is InChI=1S/C25H19Cl2IN2O3/c1-2-32-24-13-16(4-10-23(24)33-15-17-3-9-21(26)22(27)12-17)11-18(14-29)25(31)30-20-7-5-19(28)6-8-20/h3-13H,2,15H2,1H3,(H,30,31)/b18-11+. The van der Waals surface area contributed by atoms with Gasteiger partial charge in [0.15, 0.2) is 11.5 Å². The molecule has 0 saturated carbocycles. The average molecular weight is 593 g/mol. The van der Waals surface area contributed by atoms with E-state index in [2.05, 4.69) is 27.9 Å². The van der Waals surface area contributed by atoms with Crippen LogP contribution < -0.4 is 14.8 Å². The van der Waals surface area contributed by atoms with Gasteiger partial charge in [-0.05, 0) is 95.2 Å². The van der Waals surface area contributed by atoms with Gasteiger partial charge >= 0.3 is 0 Å². The second-order valence-electron chi connectivity index (χ2n) is 6.81. The lowest BCUT2D eigenvalue weighted by Gasteiger charge is -2.13. The Labute approximate surface area is 216 Å². The lowest BCUT2D eigenvalue weighted by molar-refractivity contribution is -0.112. The summed E-state index contributed by atoms with van der Waals surface area (Å²) in [6.07, 6.45) is 1.51. The van der Waals surface area contributed by atoms with Crippen molar-refractivity contribution in [2.75, 3.05) is 11.9 Å². The highest BCUT2D eigenvalue weighted by atomic mass is 127. The van der Waals surface area contributed by atoms with E-state index in [1.165, 1.54) is 6.08 Å². The van der Waals surface area contributed by atoms with E-state index in [1.54, 1.807) is 42.5 Å². The second-order valence-corrected chi connectivity index (χ2v) is 8.87. The van der Waals surface area contributed by atoms with E-state index in [-0.39, 0.29) is 12.2 Å². The smallest absolute Gasteiger partial charge is 0.266 e. The Kier molecular flexibility index (Phi) is 9.01. The Bertz CT molecular complexity index is 1220. The molecule has 168 valence electrons. The predicted molar refractivity (Wildman–Crippen MR) is 140 cm³/mol. The van der Waals surface area contributed by atoms with Crippen molar-refractivity contribution in [3.05, 3.63) is 91.0 Å². The SMILES string of the molecule is CCOc1cc(/C=C(\C#N)C(=O)Nc2ccc(I)cc2)ccc1OCc1ccc(Cl)c(Cl)c1. The third-order valence-corrected chi connectivity index (χ3v) is 5.88. The van der Waals surface area contributed by atoms with Crippen LogP contribution in [0.3, 0.4) is 0 Å². The van der Waals surface area contributed by atoms with Crippen molar-refractivity contribution in [3.8, 4) is 17.6 Å². The lowest BCUT2D eigenvalue weighted by Crippen LogP contribution is -2.13. The van der Waals surface area contributed by atoms with Crippen molar-refractivity contribution in [2.45, 2.75) is 13.5 Å². The third kappa shape index (κ3) is 7.13. The maximum absolute atomic E-state index is 12.5. The molecule has 0 unspecified atom stereocenters. The van der Waals surface area contributed by atoms with Crippen molar-refractivity contribution in [3.63, 3.8) is 0 Å². The van der Waals surface area contributed by atoms with Crippen molar-refractivity contribution >= 4 is 63.5 Å². The number of amides is 1. The molecule has 0 spiro atoms. The number of carbonyl (C=O) groups is 1. The van der Waals surface area contributed by atoms with Crippen molar-refractivity contribution in [2.24, 2.45) is 0 Å². The summed E-state index contributed by atoms with van der Waals surface area (Å²) in [5.41, 5.74) is 2.08. The summed E-state index contributed by atoms with van der Waals surface area (Å²) in [5.74, 6) is 0.542. The Morgan fingerprint density at radius 3 is 2.45 bits per heavy atom. The molecule has 0 aliphatic carbocycles. The molecular formula is C25H19Cl2IN2O3. The van der Waals surface area contributed by atoms with Crippen LogP contribution in [0.15, 0.2) is 66.2 Å². The molecule has 0 radical (unpaired) electrons. The first-order chi connectivity index (χ1) is 15.9. The fraction of sp³-hybridized carbons (Fsp3) is 0.120. The summed E-state index contributed by atoms with van der Waals surface area (Å²) in [6, 6.07) is 19.8. The number of nitrogens with one attached hydrogen (secondary N) is 1. The lowest BCUT2D eigenvalue weighted by atomic mass is 10.1. The summed E-state index contributed by atoms with van der Waals surface area (Å²) in [4.78, 5) is 12.5. The van der Waals surface area contributed by atoms with Gasteiger partial charge in [0.2, 0.25) is 0 Å². The van der Waals surface area contributed by atoms with E-state index in [9.17, 15) is 10.1 Å². The van der Waals surface area contributed by atoms with Gasteiger partial charge < -0.3 is 14.8 Å². The topological polar surface area (TPSA) is 71.3 Å². The molecule has 0 fully saturated rings. The molecule has 1 N–H and O–H groups in total. The van der Waals surface area contributed by atoms with E-state index >= 15 is 0 Å². The minimum absolute atomic E-state index is 0.0273. The number of hydrogen-bond acceptors (Lipinski definition) is 4. The van der Waals surface area contributed by atoms with Crippen LogP contribution >= 0.6 is 45.8 Å². The number of anilines is 1. The highest BCUT2D eigenvalue weighted by Crippen LogP contribution is 2.31. The van der Waals surface area contributed by atoms with E-state index in [0.29, 0.717) is 39.4 Å². The van der Waals surface area contributed by atoms with Crippen molar-refractivity contribution in [1.29, 1.82) is 5.26 Å². The zero-order chi connectivity index (χ0) is 23.8. The molecule has 0 aliphatic heterocycles. The molecule has 1 amide bonds. The maximum atomic E-state index is 12.5. The number of halogens is 3. The molecule has 0 heterocycles. The number of carbonyl (C=O) groups excluding carboxylic acids is 1. The Morgan fingerprint density at radius 1 is 1.03 bits per heavy atom. The van der Waals surface area contributed by atoms with Crippen molar-refractivity contribution < 1.29 is 14.3 Å². The first-order valence-corrected chi connectivity index (χ1v) is 11.8. The first-order valence-electron chi connectivity index (χ1n) is 9.92. The van der Waals surface area contributed by atoms with Crippen LogP contribution in [0.2, 0.25) is 10.0 Å². The fourth-order valence-corrected chi connectivity index (χ4v) is 3.52. The number of rotatable bonds is 8. The van der Waals surface area contributed by atoms with Gasteiger partial charge in [-0.2, -0.15) is 5.26 Å². The van der Waals surface area contributed by atoms with Crippen LogP contribution in [-0.4, -0.2) is 12.5 Å². The molecule has 3 aromatic carbocycles. The number of hydrogen-bond donors (Lipinski definition) is 1. The number of nitrogens with zero attached hydrogens (tertiary/aromatic N) is 1. The van der Waals surface area contributed by atoms with Crippen molar-refractivity contribution in [1.82, 2.24) is 0 Å². The molecule has 0 saturated heterocycles. The van der Waals surface area contributed by atoms with E-state index in [4.69, 9.17) is 32.7 Å². The molecule has 0 aromatic heterocycles. The number of ether oxygens (including phenoxy) is 2. The van der Waals surface area contributed by atoms with Gasteiger partial charge in [-0.15, -0.1) is 0 Å². The van der Waals surface area contributed by atoms with E-state index < -0.39 is 5.91 Å². The normalized spacial score (nSPS) is 10.9. The Balaban J connectivity index is 1.77. The van der Waals surface area contributed by atoms with Crippen LogP contribution in [0, 0.1) is 14.9 Å². The highest BCUT2D eigenvalue weighted by Gasteiger charge is 2.12.